The van der Waals surface area contributed by atoms with E-state index in [0.29, 0.717) is 0 Å². The fourth-order valence-corrected chi connectivity index (χ4v) is 2.92. The number of imidazole rings is 1. The Kier molecular flexibility index (Phi) is 6.74. The monoisotopic (exact) mass is 283 g/mol. The Hall–Kier alpha value is -0.520. The fourth-order valence-electron chi connectivity index (χ4n) is 2.42. The van der Waals surface area contributed by atoms with E-state index in [-0.39, 0.29) is 6.10 Å². The molecule has 1 atom stereocenters. The Morgan fingerprint density at radius 2 is 2.32 bits per heavy atom. The number of ether oxygens (including phenoxy) is 1. The summed E-state index contributed by atoms with van der Waals surface area (Å²) in [7, 11) is 0. The van der Waals surface area contributed by atoms with Gasteiger partial charge in [0, 0.05) is 19.6 Å². The summed E-state index contributed by atoms with van der Waals surface area (Å²) >= 11 is 1.94. The molecule has 0 radical (unpaired) electrons. The normalized spacial score (nSPS) is 19.7. The molecule has 1 fully saturated rings. The second-order valence-electron chi connectivity index (χ2n) is 4.98. The van der Waals surface area contributed by atoms with E-state index in [1.165, 1.54) is 37.1 Å². The van der Waals surface area contributed by atoms with E-state index in [1.807, 2.05) is 24.3 Å². The first-order valence-electron chi connectivity index (χ1n) is 7.23. The number of aromatic nitrogens is 2. The van der Waals surface area contributed by atoms with Crippen LogP contribution in [0.1, 0.15) is 37.5 Å². The quantitative estimate of drug-likeness (QED) is 0.744. The molecule has 1 unspecified atom stereocenters. The number of nitrogens with zero attached hydrogens (tertiary/aromatic N) is 2. The molecule has 2 rings (SSSR count). The summed E-state index contributed by atoms with van der Waals surface area (Å²) in [4.78, 5) is 4.28. The predicted molar refractivity (Wildman–Crippen MR) is 80.6 cm³/mol. The van der Waals surface area contributed by atoms with Crippen LogP contribution in [0.2, 0.25) is 0 Å². The van der Waals surface area contributed by atoms with Crippen molar-refractivity contribution in [3.8, 4) is 0 Å². The summed E-state index contributed by atoms with van der Waals surface area (Å²) < 4.78 is 8.05. The van der Waals surface area contributed by atoms with Gasteiger partial charge in [0.2, 0.25) is 0 Å². The van der Waals surface area contributed by atoms with E-state index in [0.717, 1.165) is 26.2 Å². The molecule has 0 saturated carbocycles. The van der Waals surface area contributed by atoms with Crippen molar-refractivity contribution in [3.05, 3.63) is 18.2 Å². The highest BCUT2D eigenvalue weighted by Gasteiger charge is 2.19. The van der Waals surface area contributed by atoms with Crippen LogP contribution < -0.4 is 5.32 Å². The van der Waals surface area contributed by atoms with E-state index in [9.17, 15) is 0 Å². The summed E-state index contributed by atoms with van der Waals surface area (Å²) in [6.45, 7) is 3.72. The molecule has 2 heterocycles. The Morgan fingerprint density at radius 1 is 1.42 bits per heavy atom. The van der Waals surface area contributed by atoms with Gasteiger partial charge in [0.15, 0.2) is 0 Å². The van der Waals surface area contributed by atoms with Gasteiger partial charge in [0.25, 0.3) is 0 Å². The predicted octanol–water partition coefficient (Wildman–Crippen LogP) is 2.47. The number of morpholine rings is 1. The van der Waals surface area contributed by atoms with Gasteiger partial charge in [-0.25, -0.2) is 4.98 Å². The number of rotatable bonds is 8. The van der Waals surface area contributed by atoms with Gasteiger partial charge in [0.05, 0.1) is 24.8 Å². The Balaban J connectivity index is 1.73. The highest BCUT2D eigenvalue weighted by molar-refractivity contribution is 7.98. The summed E-state index contributed by atoms with van der Waals surface area (Å²) in [6.07, 6.45) is 11.5. The van der Waals surface area contributed by atoms with Crippen LogP contribution in [0, 0.1) is 0 Å². The SMILES string of the molecule is CSCCCCCCn1cncc1C1CNCCO1. The smallest absolute Gasteiger partial charge is 0.111 e. The van der Waals surface area contributed by atoms with Crippen LogP contribution >= 0.6 is 11.8 Å². The molecule has 0 aromatic carbocycles. The third-order valence-electron chi connectivity index (χ3n) is 3.50. The van der Waals surface area contributed by atoms with E-state index >= 15 is 0 Å². The van der Waals surface area contributed by atoms with Gasteiger partial charge in [-0.15, -0.1) is 0 Å². The molecular formula is C14H25N3OS. The second-order valence-corrected chi connectivity index (χ2v) is 5.97. The van der Waals surface area contributed by atoms with E-state index in [1.54, 1.807) is 0 Å². The van der Waals surface area contributed by atoms with Crippen LogP contribution in [0.3, 0.4) is 0 Å². The van der Waals surface area contributed by atoms with Crippen LogP contribution in [0.15, 0.2) is 12.5 Å². The third kappa shape index (κ3) is 4.82. The van der Waals surface area contributed by atoms with Gasteiger partial charge in [-0.3, -0.25) is 0 Å². The number of hydrogen-bond acceptors (Lipinski definition) is 4. The van der Waals surface area contributed by atoms with Crippen molar-refractivity contribution >= 4 is 11.8 Å². The highest BCUT2D eigenvalue weighted by atomic mass is 32.2. The fraction of sp³-hybridized carbons (Fsp3) is 0.786. The van der Waals surface area contributed by atoms with Crippen molar-refractivity contribution in [2.45, 2.75) is 38.3 Å². The summed E-state index contributed by atoms with van der Waals surface area (Å²) in [5, 5.41) is 3.37. The average Bonchev–Trinajstić information content (AvgIpc) is 2.92. The lowest BCUT2D eigenvalue weighted by Crippen LogP contribution is -2.34. The van der Waals surface area contributed by atoms with Crippen LogP contribution in [0.4, 0.5) is 0 Å². The maximum atomic E-state index is 5.80. The van der Waals surface area contributed by atoms with Gasteiger partial charge in [-0.05, 0) is 24.9 Å². The zero-order valence-electron chi connectivity index (χ0n) is 11.8. The first kappa shape index (κ1) is 14.9. The molecule has 0 amide bonds. The van der Waals surface area contributed by atoms with Crippen LogP contribution in [0.25, 0.3) is 0 Å². The van der Waals surface area contributed by atoms with Crippen molar-refractivity contribution in [2.24, 2.45) is 0 Å². The van der Waals surface area contributed by atoms with Crippen molar-refractivity contribution < 1.29 is 4.74 Å². The lowest BCUT2D eigenvalue weighted by molar-refractivity contribution is 0.0227. The standard InChI is InChI=1S/C14H25N3OS/c1-19-9-5-3-2-4-7-17-12-16-10-13(17)14-11-15-6-8-18-14/h10,12,14-15H,2-9,11H2,1H3. The maximum absolute atomic E-state index is 5.80. The maximum Gasteiger partial charge on any atom is 0.111 e. The summed E-state index contributed by atoms with van der Waals surface area (Å²) in [5.41, 5.74) is 1.22. The zero-order chi connectivity index (χ0) is 13.3. The molecule has 1 saturated heterocycles. The van der Waals surface area contributed by atoms with Gasteiger partial charge in [-0.2, -0.15) is 11.8 Å². The Labute approximate surface area is 120 Å². The summed E-state index contributed by atoms with van der Waals surface area (Å²) in [5.74, 6) is 1.29. The minimum atomic E-state index is 0.174. The number of unbranched alkanes of at least 4 members (excludes halogenated alkanes) is 3. The van der Waals surface area contributed by atoms with Crippen LogP contribution in [-0.2, 0) is 11.3 Å². The van der Waals surface area contributed by atoms with Gasteiger partial charge >= 0.3 is 0 Å². The molecule has 1 aromatic rings. The molecule has 1 aliphatic rings. The van der Waals surface area contributed by atoms with Crippen LogP contribution in [0.5, 0.6) is 0 Å². The number of hydrogen-bond donors (Lipinski definition) is 1. The topological polar surface area (TPSA) is 39.1 Å². The molecule has 19 heavy (non-hydrogen) atoms. The minimum absolute atomic E-state index is 0.174. The molecule has 4 nitrogen and oxygen atoms in total. The van der Waals surface area contributed by atoms with E-state index in [4.69, 9.17) is 4.74 Å². The Bertz CT molecular complexity index is 350. The third-order valence-corrected chi connectivity index (χ3v) is 4.20. The highest BCUT2D eigenvalue weighted by Crippen LogP contribution is 2.19. The van der Waals surface area contributed by atoms with E-state index in [2.05, 4.69) is 21.1 Å². The number of nitrogens with one attached hydrogen (secondary N) is 1. The Morgan fingerprint density at radius 3 is 3.11 bits per heavy atom. The molecule has 1 aromatic heterocycles. The molecule has 0 bridgehead atoms. The van der Waals surface area contributed by atoms with Crippen molar-refractivity contribution in [2.75, 3.05) is 31.7 Å². The van der Waals surface area contributed by atoms with Gasteiger partial charge in [0.1, 0.15) is 6.10 Å². The van der Waals surface area contributed by atoms with Crippen molar-refractivity contribution in [1.29, 1.82) is 0 Å². The largest absolute Gasteiger partial charge is 0.369 e. The zero-order valence-corrected chi connectivity index (χ0v) is 12.6. The average molecular weight is 283 g/mol. The minimum Gasteiger partial charge on any atom is -0.369 e. The number of aryl methyl sites for hydroxylation is 1. The van der Waals surface area contributed by atoms with Crippen molar-refractivity contribution in [3.63, 3.8) is 0 Å². The molecule has 5 heteroatoms. The molecule has 108 valence electrons. The molecule has 1 aliphatic heterocycles. The van der Waals surface area contributed by atoms with Gasteiger partial charge in [-0.1, -0.05) is 12.8 Å². The molecule has 0 aliphatic carbocycles. The first-order valence-corrected chi connectivity index (χ1v) is 8.62. The molecular weight excluding hydrogens is 258 g/mol. The van der Waals surface area contributed by atoms with Crippen molar-refractivity contribution in [1.82, 2.24) is 14.9 Å². The number of thioether (sulfide) groups is 1. The lowest BCUT2D eigenvalue weighted by Gasteiger charge is -2.24. The summed E-state index contributed by atoms with van der Waals surface area (Å²) in [6, 6.07) is 0. The molecule has 0 spiro atoms. The first-order chi connectivity index (χ1) is 9.42. The van der Waals surface area contributed by atoms with E-state index < -0.39 is 0 Å². The molecule has 1 N–H and O–H groups in total. The van der Waals surface area contributed by atoms with Crippen LogP contribution in [-0.4, -0.2) is 41.3 Å². The van der Waals surface area contributed by atoms with Gasteiger partial charge < -0.3 is 14.6 Å². The lowest BCUT2D eigenvalue weighted by atomic mass is 10.2. The second kappa shape index (κ2) is 8.61.